The Morgan fingerprint density at radius 3 is 2.41 bits per heavy atom. The molecule has 0 bridgehead atoms. The van der Waals surface area contributed by atoms with Gasteiger partial charge >= 0.3 is 0 Å². The van der Waals surface area contributed by atoms with Crippen LogP contribution in [0.5, 0.6) is 0 Å². The second-order valence-corrected chi connectivity index (χ2v) is 15.8. The van der Waals surface area contributed by atoms with E-state index >= 15 is 0 Å². The van der Waals surface area contributed by atoms with Crippen LogP contribution >= 0.6 is 0 Å². The Bertz CT molecular complexity index is 996. The highest BCUT2D eigenvalue weighted by atomic mass is 16.3. The van der Waals surface area contributed by atoms with Crippen LogP contribution in [0.4, 0.5) is 0 Å². The fraction of sp³-hybridized carbons (Fsp3) is 0.912. The van der Waals surface area contributed by atoms with Gasteiger partial charge < -0.3 is 20.6 Å². The van der Waals surface area contributed by atoms with Gasteiger partial charge in [-0.3, -0.25) is 4.79 Å². The summed E-state index contributed by atoms with van der Waals surface area (Å²) in [6, 6.07) is 0. The minimum atomic E-state index is -0.888. The molecular formula is C34H57NO4. The van der Waals surface area contributed by atoms with Crippen LogP contribution in [0.3, 0.4) is 0 Å². The number of carbonyl (C=O) groups excluding carboxylic acids is 1. The molecule has 222 valence electrons. The first-order chi connectivity index (χ1) is 18.3. The first-order valence-corrected chi connectivity index (χ1v) is 16.2. The average Bonchev–Trinajstić information content (AvgIpc) is 2.89. The van der Waals surface area contributed by atoms with Crippen molar-refractivity contribution in [1.29, 1.82) is 0 Å². The lowest BCUT2D eigenvalue weighted by atomic mass is 9.33. The van der Waals surface area contributed by atoms with E-state index in [-0.39, 0.29) is 40.1 Å². The molecule has 4 saturated carbocycles. The Balaban J connectivity index is 1.57. The standard InChI is InChI=1S/C34H57NO4/c1-8-9-18-35-29(39)34-15-12-21(2)22(3)27(34)23-10-11-26-30(4)19-24(37)28(38)31(5,20-36)25(30)13-14-33(26,7)32(23,6)16-17-34/h10,21-22,24-28,36-38H,8-9,11-20H2,1-7H3,(H,35,39)/t21-,22+,24-,25?,26?,27?,28+,30+,31+,32-,33-,34+/m1/s1. The molecular weight excluding hydrogens is 486 g/mol. The Labute approximate surface area is 237 Å². The molecule has 5 aliphatic rings. The van der Waals surface area contributed by atoms with E-state index in [9.17, 15) is 20.1 Å². The summed E-state index contributed by atoms with van der Waals surface area (Å²) in [5.41, 5.74) is 0.460. The lowest BCUT2D eigenvalue weighted by Crippen LogP contribution is -2.68. The number of aliphatic hydroxyl groups is 3. The highest BCUT2D eigenvalue weighted by Crippen LogP contribution is 2.75. The monoisotopic (exact) mass is 543 g/mol. The Kier molecular flexibility index (Phi) is 7.46. The van der Waals surface area contributed by atoms with E-state index in [0.717, 1.165) is 64.3 Å². The zero-order valence-corrected chi connectivity index (χ0v) is 25.9. The van der Waals surface area contributed by atoms with Gasteiger partial charge in [0.05, 0.1) is 24.2 Å². The van der Waals surface area contributed by atoms with Crippen molar-refractivity contribution in [3.63, 3.8) is 0 Å². The van der Waals surface area contributed by atoms with Crippen LogP contribution in [-0.2, 0) is 4.79 Å². The molecule has 1 amide bonds. The molecule has 3 unspecified atom stereocenters. The van der Waals surface area contributed by atoms with Gasteiger partial charge in [-0.1, -0.05) is 66.5 Å². The van der Waals surface area contributed by atoms with Gasteiger partial charge in [-0.15, -0.1) is 0 Å². The lowest BCUT2D eigenvalue weighted by Gasteiger charge is -2.71. The summed E-state index contributed by atoms with van der Waals surface area (Å²) >= 11 is 0. The SMILES string of the molecule is CCCCNC(=O)[C@]12CC[C@@H](C)[C@H](C)C1C1=CCC3[C@@]4(C)C[C@@H](O)[C@H](O)[C@@](C)(CO)C4CC[C@@]3(C)[C@]1(C)CC2. The van der Waals surface area contributed by atoms with Gasteiger partial charge in [-0.2, -0.15) is 0 Å². The van der Waals surface area contributed by atoms with Crippen LogP contribution in [0.2, 0.25) is 0 Å². The average molecular weight is 544 g/mol. The number of unbranched alkanes of at least 4 members (excludes halogenated alkanes) is 1. The van der Waals surface area contributed by atoms with Crippen molar-refractivity contribution in [1.82, 2.24) is 5.32 Å². The molecule has 5 heteroatoms. The molecule has 39 heavy (non-hydrogen) atoms. The van der Waals surface area contributed by atoms with Gasteiger partial charge in [-0.25, -0.2) is 0 Å². The van der Waals surface area contributed by atoms with Crippen molar-refractivity contribution in [2.24, 2.45) is 56.7 Å². The summed E-state index contributed by atoms with van der Waals surface area (Å²) < 4.78 is 0. The fourth-order valence-corrected chi connectivity index (χ4v) is 11.6. The van der Waals surface area contributed by atoms with Crippen LogP contribution in [-0.4, -0.2) is 46.6 Å². The zero-order chi connectivity index (χ0) is 28.6. The third-order valence-electron chi connectivity index (χ3n) is 14.3. The molecule has 0 aromatic rings. The number of aliphatic hydroxyl groups excluding tert-OH is 3. The van der Waals surface area contributed by atoms with Gasteiger partial charge in [0.15, 0.2) is 0 Å². The Hall–Kier alpha value is -0.910. The van der Waals surface area contributed by atoms with E-state index in [2.05, 4.69) is 52.9 Å². The predicted octanol–water partition coefficient (Wildman–Crippen LogP) is 5.86. The van der Waals surface area contributed by atoms with Crippen LogP contribution in [0, 0.1) is 56.7 Å². The third kappa shape index (κ3) is 3.84. The summed E-state index contributed by atoms with van der Waals surface area (Å²) in [4.78, 5) is 14.0. The van der Waals surface area contributed by atoms with E-state index in [1.54, 1.807) is 5.57 Å². The van der Waals surface area contributed by atoms with E-state index in [4.69, 9.17) is 0 Å². The van der Waals surface area contributed by atoms with Crippen LogP contribution in [0.1, 0.15) is 113 Å². The maximum absolute atomic E-state index is 14.0. The van der Waals surface area contributed by atoms with Crippen molar-refractivity contribution in [2.75, 3.05) is 13.2 Å². The van der Waals surface area contributed by atoms with Crippen LogP contribution in [0.15, 0.2) is 11.6 Å². The largest absolute Gasteiger partial charge is 0.396 e. The van der Waals surface area contributed by atoms with Crippen LogP contribution < -0.4 is 5.32 Å². The zero-order valence-electron chi connectivity index (χ0n) is 25.9. The molecule has 5 aliphatic carbocycles. The molecule has 0 spiro atoms. The number of hydrogen-bond donors (Lipinski definition) is 4. The summed E-state index contributed by atoms with van der Waals surface area (Å²) in [6.07, 6.45) is 10.7. The summed E-state index contributed by atoms with van der Waals surface area (Å²) in [5.74, 6) is 2.20. The van der Waals surface area contributed by atoms with Crippen molar-refractivity contribution in [3.05, 3.63) is 11.6 Å². The van der Waals surface area contributed by atoms with Crippen molar-refractivity contribution in [3.8, 4) is 0 Å². The summed E-state index contributed by atoms with van der Waals surface area (Å²) in [6.45, 7) is 17.0. The van der Waals surface area contributed by atoms with E-state index < -0.39 is 17.6 Å². The fourth-order valence-electron chi connectivity index (χ4n) is 11.6. The number of hydrogen-bond acceptors (Lipinski definition) is 4. The van der Waals surface area contributed by atoms with Gasteiger partial charge in [0.1, 0.15) is 0 Å². The second-order valence-electron chi connectivity index (χ2n) is 15.8. The number of carbonyl (C=O) groups is 1. The number of rotatable bonds is 5. The first-order valence-electron chi connectivity index (χ1n) is 16.2. The first kappa shape index (κ1) is 29.6. The molecule has 4 N–H and O–H groups in total. The minimum absolute atomic E-state index is 0.00368. The molecule has 12 atom stereocenters. The molecule has 0 aliphatic heterocycles. The van der Waals surface area contributed by atoms with E-state index in [0.29, 0.717) is 30.1 Å². The van der Waals surface area contributed by atoms with Gasteiger partial charge in [0.25, 0.3) is 0 Å². The van der Waals surface area contributed by atoms with Crippen molar-refractivity contribution < 1.29 is 20.1 Å². The van der Waals surface area contributed by atoms with Gasteiger partial charge in [0, 0.05) is 12.0 Å². The quantitative estimate of drug-likeness (QED) is 0.258. The topological polar surface area (TPSA) is 89.8 Å². The minimum Gasteiger partial charge on any atom is -0.396 e. The maximum atomic E-state index is 14.0. The van der Waals surface area contributed by atoms with Crippen molar-refractivity contribution in [2.45, 2.75) is 125 Å². The number of amides is 1. The molecule has 0 saturated heterocycles. The number of allylic oxidation sites excluding steroid dienone is 2. The molecule has 0 aromatic heterocycles. The van der Waals surface area contributed by atoms with E-state index in [1.807, 2.05) is 6.92 Å². The van der Waals surface area contributed by atoms with Gasteiger partial charge in [-0.05, 0) is 104 Å². The van der Waals surface area contributed by atoms with E-state index in [1.165, 1.54) is 0 Å². The smallest absolute Gasteiger partial charge is 0.226 e. The summed E-state index contributed by atoms with van der Waals surface area (Å²) in [7, 11) is 0. The molecule has 4 fully saturated rings. The maximum Gasteiger partial charge on any atom is 0.226 e. The Morgan fingerprint density at radius 2 is 1.74 bits per heavy atom. The molecule has 0 aromatic carbocycles. The molecule has 0 heterocycles. The highest BCUT2D eigenvalue weighted by molar-refractivity contribution is 5.84. The Morgan fingerprint density at radius 1 is 1.03 bits per heavy atom. The normalized spacial score (nSPS) is 53.0. The summed E-state index contributed by atoms with van der Waals surface area (Å²) in [5, 5.41) is 36.0. The lowest BCUT2D eigenvalue weighted by molar-refractivity contribution is -0.243. The number of fused-ring (bicyclic) bond motifs is 7. The third-order valence-corrected chi connectivity index (χ3v) is 14.3. The molecule has 5 rings (SSSR count). The molecule has 0 radical (unpaired) electrons. The second kappa shape index (κ2) is 9.83. The predicted molar refractivity (Wildman–Crippen MR) is 156 cm³/mol. The van der Waals surface area contributed by atoms with Crippen LogP contribution in [0.25, 0.3) is 0 Å². The molecule has 5 nitrogen and oxygen atoms in total. The van der Waals surface area contributed by atoms with Gasteiger partial charge in [0.2, 0.25) is 5.91 Å². The highest BCUT2D eigenvalue weighted by Gasteiger charge is 2.70. The number of nitrogens with one attached hydrogen (secondary N) is 1. The van der Waals surface area contributed by atoms with Crippen molar-refractivity contribution >= 4 is 5.91 Å².